The van der Waals surface area contributed by atoms with E-state index in [0.717, 1.165) is 30.1 Å². The van der Waals surface area contributed by atoms with E-state index in [1.807, 2.05) is 0 Å². The smallest absolute Gasteiger partial charge is 0.312 e. The highest BCUT2D eigenvalue weighted by Gasteiger charge is 2.41. The lowest BCUT2D eigenvalue weighted by molar-refractivity contribution is -0.153. The molecule has 2 N–H and O–H groups in total. The van der Waals surface area contributed by atoms with Crippen LogP contribution in [0.4, 0.5) is 0 Å². The maximum Gasteiger partial charge on any atom is 0.312 e. The van der Waals surface area contributed by atoms with E-state index in [2.05, 4.69) is 22.6 Å². The highest BCUT2D eigenvalue weighted by molar-refractivity contribution is 14.1. The molecule has 1 saturated carbocycles. The van der Waals surface area contributed by atoms with Crippen molar-refractivity contribution in [2.75, 3.05) is 11.5 Å². The number of methoxy groups -OCH3 is 1. The Balaban J connectivity index is 0.00000169. The first-order chi connectivity index (χ1) is 6.14. The van der Waals surface area contributed by atoms with Crippen LogP contribution in [0.15, 0.2) is 0 Å². The summed E-state index contributed by atoms with van der Waals surface area (Å²) in [4.78, 5) is 11.6. The van der Waals surface area contributed by atoms with Crippen molar-refractivity contribution in [2.45, 2.75) is 31.7 Å². The molecule has 0 heterocycles. The first-order valence-corrected chi connectivity index (χ1v) is 6.07. The molecule has 0 aromatic rings. The molecule has 0 spiro atoms. The first kappa shape index (κ1) is 14.5. The Morgan fingerprint density at radius 3 is 2.43 bits per heavy atom. The zero-order valence-corrected chi connectivity index (χ0v) is 11.3. The van der Waals surface area contributed by atoms with Crippen LogP contribution < -0.4 is 5.73 Å². The molecule has 1 aliphatic carbocycles. The highest BCUT2D eigenvalue weighted by Crippen LogP contribution is 2.38. The number of alkyl halides is 1. The summed E-state index contributed by atoms with van der Waals surface area (Å²) in [5, 5.41) is 0. The average Bonchev–Trinajstić information content (AvgIpc) is 2.18. The summed E-state index contributed by atoms with van der Waals surface area (Å²) in [7, 11) is 1.46. The Morgan fingerprint density at radius 1 is 1.57 bits per heavy atom. The molecule has 1 fully saturated rings. The predicted octanol–water partition coefficient (Wildman–Crippen LogP) is 1.90. The van der Waals surface area contributed by atoms with Crippen LogP contribution in [0.3, 0.4) is 0 Å². The molecule has 5 heteroatoms. The Kier molecular flexibility index (Phi) is 6.32. The minimum absolute atomic E-state index is 0. The molecule has 0 bridgehead atoms. The van der Waals surface area contributed by atoms with Gasteiger partial charge in [0.2, 0.25) is 0 Å². The molecule has 0 aromatic heterocycles. The van der Waals surface area contributed by atoms with Crippen LogP contribution in [-0.4, -0.2) is 23.5 Å². The van der Waals surface area contributed by atoms with E-state index >= 15 is 0 Å². The second-order valence-corrected chi connectivity index (χ2v) is 4.51. The molecule has 0 atom stereocenters. The van der Waals surface area contributed by atoms with E-state index in [1.54, 1.807) is 0 Å². The third-order valence-electron chi connectivity index (χ3n) is 2.86. The van der Waals surface area contributed by atoms with Crippen LogP contribution in [0.2, 0.25) is 0 Å². The van der Waals surface area contributed by atoms with Gasteiger partial charge in [-0.1, -0.05) is 22.6 Å². The average molecular weight is 334 g/mol. The van der Waals surface area contributed by atoms with Crippen LogP contribution in [0.25, 0.3) is 0 Å². The van der Waals surface area contributed by atoms with E-state index in [-0.39, 0.29) is 29.8 Å². The van der Waals surface area contributed by atoms with Crippen molar-refractivity contribution in [1.82, 2.24) is 0 Å². The van der Waals surface area contributed by atoms with Crippen molar-refractivity contribution in [1.29, 1.82) is 0 Å². The second-order valence-electron chi connectivity index (χ2n) is 3.74. The third kappa shape index (κ3) is 2.97. The molecule has 84 valence electrons. The summed E-state index contributed by atoms with van der Waals surface area (Å²) >= 11 is 2.26. The Bertz CT molecular complexity index is 193. The van der Waals surface area contributed by atoms with Gasteiger partial charge in [0.25, 0.3) is 0 Å². The number of carbonyl (C=O) groups excluding carboxylic acids is 1. The molecule has 0 aromatic carbocycles. The van der Waals surface area contributed by atoms with Gasteiger partial charge in [0, 0.05) is 10.5 Å². The molecule has 0 aliphatic heterocycles. The Labute approximate surface area is 105 Å². The molecule has 0 unspecified atom stereocenters. The standard InChI is InChI=1S/C9H16INO2.ClH/c1-13-8(12)9(6-10)4-2-7(11)3-5-9;/h7H,2-6,11H2,1H3;1H. The van der Waals surface area contributed by atoms with Gasteiger partial charge < -0.3 is 10.5 Å². The van der Waals surface area contributed by atoms with Crippen molar-refractivity contribution >= 4 is 41.0 Å². The fourth-order valence-corrected chi connectivity index (χ4v) is 2.88. The summed E-state index contributed by atoms with van der Waals surface area (Å²) in [6, 6.07) is 0.278. The van der Waals surface area contributed by atoms with E-state index in [4.69, 9.17) is 10.5 Å². The van der Waals surface area contributed by atoms with Gasteiger partial charge in [-0.25, -0.2) is 0 Å². The number of nitrogens with two attached hydrogens (primary N) is 1. The largest absolute Gasteiger partial charge is 0.469 e. The summed E-state index contributed by atoms with van der Waals surface area (Å²) in [5.74, 6) is -0.0613. The van der Waals surface area contributed by atoms with Gasteiger partial charge in [-0.2, -0.15) is 0 Å². The maximum absolute atomic E-state index is 11.6. The molecule has 0 saturated heterocycles. The van der Waals surface area contributed by atoms with Crippen LogP contribution in [0.5, 0.6) is 0 Å². The second kappa shape index (κ2) is 6.12. The number of ether oxygens (including phenoxy) is 1. The lowest BCUT2D eigenvalue weighted by Gasteiger charge is -2.35. The van der Waals surface area contributed by atoms with E-state index in [0.29, 0.717) is 0 Å². The van der Waals surface area contributed by atoms with Crippen LogP contribution in [0, 0.1) is 5.41 Å². The highest BCUT2D eigenvalue weighted by atomic mass is 127. The van der Waals surface area contributed by atoms with Gasteiger partial charge in [0.15, 0.2) is 0 Å². The fraction of sp³-hybridized carbons (Fsp3) is 0.889. The van der Waals surface area contributed by atoms with Gasteiger partial charge in [0.1, 0.15) is 0 Å². The number of carbonyl (C=O) groups is 1. The zero-order chi connectivity index (χ0) is 9.90. The lowest BCUT2D eigenvalue weighted by atomic mass is 9.74. The predicted molar refractivity (Wildman–Crippen MR) is 67.0 cm³/mol. The molecule has 1 aliphatic rings. The summed E-state index contributed by atoms with van der Waals surface area (Å²) < 4.78 is 5.67. The van der Waals surface area contributed by atoms with Gasteiger partial charge in [-0.05, 0) is 25.7 Å². The minimum atomic E-state index is -0.245. The SMILES string of the molecule is COC(=O)C1(CI)CCC(N)CC1.Cl. The molecule has 3 nitrogen and oxygen atoms in total. The number of rotatable bonds is 2. The van der Waals surface area contributed by atoms with Gasteiger partial charge in [-0.15, -0.1) is 12.4 Å². The molecular weight excluding hydrogens is 316 g/mol. The number of hydrogen-bond donors (Lipinski definition) is 1. The quantitative estimate of drug-likeness (QED) is 0.477. The molecule has 0 radical (unpaired) electrons. The van der Waals surface area contributed by atoms with Crippen molar-refractivity contribution < 1.29 is 9.53 Å². The van der Waals surface area contributed by atoms with Crippen LogP contribution in [0.1, 0.15) is 25.7 Å². The van der Waals surface area contributed by atoms with Crippen molar-refractivity contribution in [3.8, 4) is 0 Å². The Hall–Kier alpha value is 0.450. The van der Waals surface area contributed by atoms with E-state index in [9.17, 15) is 4.79 Å². The summed E-state index contributed by atoms with van der Waals surface area (Å²) in [6.07, 6.45) is 3.64. The monoisotopic (exact) mass is 333 g/mol. The Morgan fingerprint density at radius 2 is 2.07 bits per heavy atom. The van der Waals surface area contributed by atoms with Gasteiger partial charge in [0.05, 0.1) is 12.5 Å². The molecule has 0 amide bonds. The third-order valence-corrected chi connectivity index (χ3v) is 4.32. The topological polar surface area (TPSA) is 52.3 Å². The maximum atomic E-state index is 11.6. The molecule has 1 rings (SSSR count). The lowest BCUT2D eigenvalue weighted by Crippen LogP contribution is -2.41. The first-order valence-electron chi connectivity index (χ1n) is 4.54. The van der Waals surface area contributed by atoms with Crippen molar-refractivity contribution in [2.24, 2.45) is 11.1 Å². The summed E-state index contributed by atoms with van der Waals surface area (Å²) in [5.41, 5.74) is 5.55. The van der Waals surface area contributed by atoms with E-state index < -0.39 is 0 Å². The number of halogens is 2. The van der Waals surface area contributed by atoms with Crippen LogP contribution >= 0.6 is 35.0 Å². The molecule has 14 heavy (non-hydrogen) atoms. The zero-order valence-electron chi connectivity index (χ0n) is 8.29. The number of esters is 1. The van der Waals surface area contributed by atoms with Crippen molar-refractivity contribution in [3.05, 3.63) is 0 Å². The molecular formula is C9H17ClINO2. The van der Waals surface area contributed by atoms with Gasteiger partial charge in [-0.3, -0.25) is 4.79 Å². The van der Waals surface area contributed by atoms with Crippen molar-refractivity contribution in [3.63, 3.8) is 0 Å². The normalized spacial score (nSPS) is 31.8. The van der Waals surface area contributed by atoms with Gasteiger partial charge >= 0.3 is 5.97 Å². The summed E-state index contributed by atoms with van der Waals surface area (Å²) in [6.45, 7) is 0. The minimum Gasteiger partial charge on any atom is -0.469 e. The fourth-order valence-electron chi connectivity index (χ4n) is 1.80. The van der Waals surface area contributed by atoms with Crippen LogP contribution in [-0.2, 0) is 9.53 Å². The van der Waals surface area contributed by atoms with E-state index in [1.165, 1.54) is 7.11 Å². The number of hydrogen-bond acceptors (Lipinski definition) is 3.